The monoisotopic (exact) mass is 237 g/mol. The van der Waals surface area contributed by atoms with E-state index in [1.54, 1.807) is 0 Å². The van der Waals surface area contributed by atoms with Crippen LogP contribution in [0.2, 0.25) is 0 Å². The van der Waals surface area contributed by atoms with Gasteiger partial charge in [0.2, 0.25) is 0 Å². The average molecular weight is 237 g/mol. The third-order valence-electron chi connectivity index (χ3n) is 4.25. The summed E-state index contributed by atoms with van der Waals surface area (Å²) in [7, 11) is 0. The second-order valence-electron chi connectivity index (χ2n) is 5.36. The minimum absolute atomic E-state index is 0.373. The van der Waals surface area contributed by atoms with Crippen molar-refractivity contribution in [2.45, 2.75) is 25.3 Å². The highest BCUT2D eigenvalue weighted by Crippen LogP contribution is 2.49. The Morgan fingerprint density at radius 1 is 1.17 bits per heavy atom. The van der Waals surface area contributed by atoms with Crippen molar-refractivity contribution in [1.29, 1.82) is 0 Å². The highest BCUT2D eigenvalue weighted by Gasteiger charge is 2.40. The van der Waals surface area contributed by atoms with Gasteiger partial charge in [-0.25, -0.2) is 0 Å². The second-order valence-corrected chi connectivity index (χ2v) is 5.36. The van der Waals surface area contributed by atoms with Gasteiger partial charge in [0.15, 0.2) is 0 Å². The molecule has 2 aliphatic rings. The van der Waals surface area contributed by atoms with Crippen LogP contribution < -0.4 is 5.32 Å². The highest BCUT2D eigenvalue weighted by atomic mass is 16.3. The molecule has 1 unspecified atom stereocenters. The molecular weight excluding hydrogens is 222 g/mol. The summed E-state index contributed by atoms with van der Waals surface area (Å²) in [5.41, 5.74) is 6.46. The molecule has 0 saturated carbocycles. The van der Waals surface area contributed by atoms with Crippen LogP contribution in [0.3, 0.4) is 0 Å². The van der Waals surface area contributed by atoms with E-state index in [2.05, 4.69) is 36.5 Å². The normalized spacial score (nSPS) is 23.2. The summed E-state index contributed by atoms with van der Waals surface area (Å²) in [5.74, 6) is 0.778. The Morgan fingerprint density at radius 2 is 2.00 bits per heavy atom. The molecule has 0 bridgehead atoms. The van der Waals surface area contributed by atoms with Crippen LogP contribution in [-0.2, 0) is 6.42 Å². The van der Waals surface area contributed by atoms with E-state index in [4.69, 9.17) is 0 Å². The van der Waals surface area contributed by atoms with Crippen molar-refractivity contribution in [3.05, 3.63) is 58.7 Å². The quantitative estimate of drug-likeness (QED) is 0.690. The summed E-state index contributed by atoms with van der Waals surface area (Å²) in [6.07, 6.45) is 1.08. The molecule has 2 atom stereocenters. The molecule has 4 rings (SSSR count). The molecule has 18 heavy (non-hydrogen) atoms. The van der Waals surface area contributed by atoms with Crippen LogP contribution in [0.25, 0.3) is 0 Å². The molecule has 1 aliphatic heterocycles. The molecule has 0 radical (unpaired) electrons. The number of fused-ring (bicyclic) bond motifs is 5. The van der Waals surface area contributed by atoms with Crippen LogP contribution in [0.4, 0.5) is 5.69 Å². The SMILES string of the molecule is Cc1cc(O)cc2c1N[C@@H]1Cc3ccccc3C21. The Hall–Kier alpha value is -1.96. The van der Waals surface area contributed by atoms with Gasteiger partial charge in [0.1, 0.15) is 5.75 Å². The van der Waals surface area contributed by atoms with Crippen molar-refractivity contribution in [3.63, 3.8) is 0 Å². The number of phenols is 1. The Morgan fingerprint density at radius 3 is 2.89 bits per heavy atom. The zero-order valence-electron chi connectivity index (χ0n) is 10.3. The fourth-order valence-electron chi connectivity index (χ4n) is 3.54. The second kappa shape index (κ2) is 3.29. The molecule has 0 saturated heterocycles. The Labute approximate surface area is 106 Å². The highest BCUT2D eigenvalue weighted by molar-refractivity contribution is 5.70. The van der Waals surface area contributed by atoms with E-state index < -0.39 is 0 Å². The zero-order chi connectivity index (χ0) is 12.3. The zero-order valence-corrected chi connectivity index (χ0v) is 10.3. The van der Waals surface area contributed by atoms with Crippen LogP contribution in [0, 0.1) is 6.92 Å². The molecule has 0 spiro atoms. The van der Waals surface area contributed by atoms with Crippen molar-refractivity contribution in [2.24, 2.45) is 0 Å². The van der Waals surface area contributed by atoms with E-state index in [0.717, 1.165) is 12.0 Å². The molecular formula is C16H15NO. The topological polar surface area (TPSA) is 32.3 Å². The number of nitrogens with one attached hydrogen (secondary N) is 1. The first-order valence-corrected chi connectivity index (χ1v) is 6.42. The molecule has 0 aromatic heterocycles. The molecule has 0 fully saturated rings. The summed E-state index contributed by atoms with van der Waals surface area (Å²) in [6.45, 7) is 2.05. The van der Waals surface area contributed by atoms with Gasteiger partial charge in [-0.15, -0.1) is 0 Å². The minimum atomic E-state index is 0.373. The van der Waals surface area contributed by atoms with Crippen LogP contribution in [0.5, 0.6) is 5.75 Å². The van der Waals surface area contributed by atoms with Gasteiger partial charge in [-0.3, -0.25) is 0 Å². The number of anilines is 1. The maximum Gasteiger partial charge on any atom is 0.116 e. The number of aromatic hydroxyl groups is 1. The number of phenolic OH excluding ortho intramolecular Hbond substituents is 1. The van der Waals surface area contributed by atoms with Gasteiger partial charge >= 0.3 is 0 Å². The molecule has 1 heterocycles. The molecule has 2 heteroatoms. The summed E-state index contributed by atoms with van der Waals surface area (Å²) in [5, 5.41) is 13.4. The Kier molecular flexibility index (Phi) is 1.83. The van der Waals surface area contributed by atoms with Crippen LogP contribution >= 0.6 is 0 Å². The fourth-order valence-corrected chi connectivity index (χ4v) is 3.54. The molecule has 2 nitrogen and oxygen atoms in total. The molecule has 2 N–H and O–H groups in total. The lowest BCUT2D eigenvalue weighted by Crippen LogP contribution is -2.17. The van der Waals surface area contributed by atoms with Gasteiger partial charge < -0.3 is 10.4 Å². The standard InChI is InChI=1S/C16H15NO/c1-9-6-11(18)8-13-15-12-5-3-2-4-10(12)7-14(15)17-16(9)13/h2-6,8,14-15,17-18H,7H2,1H3/t14-,15?/m1/s1. The fraction of sp³-hybridized carbons (Fsp3) is 0.250. The van der Waals surface area contributed by atoms with Gasteiger partial charge in [-0.1, -0.05) is 24.3 Å². The van der Waals surface area contributed by atoms with Gasteiger partial charge in [-0.05, 0) is 47.7 Å². The number of rotatable bonds is 0. The van der Waals surface area contributed by atoms with Crippen molar-refractivity contribution in [2.75, 3.05) is 5.32 Å². The predicted molar refractivity (Wildman–Crippen MR) is 72.2 cm³/mol. The lowest BCUT2D eigenvalue weighted by molar-refractivity contribution is 0.474. The van der Waals surface area contributed by atoms with E-state index in [1.807, 2.05) is 12.1 Å². The van der Waals surface area contributed by atoms with E-state index >= 15 is 0 Å². The van der Waals surface area contributed by atoms with Crippen molar-refractivity contribution in [1.82, 2.24) is 0 Å². The largest absolute Gasteiger partial charge is 0.508 e. The summed E-state index contributed by atoms with van der Waals surface area (Å²) in [6, 6.07) is 12.9. The molecule has 90 valence electrons. The van der Waals surface area contributed by atoms with Gasteiger partial charge in [0.05, 0.1) is 0 Å². The first kappa shape index (κ1) is 10.0. The molecule has 2 aromatic carbocycles. The predicted octanol–water partition coefficient (Wildman–Crippen LogP) is 3.18. The average Bonchev–Trinajstić information content (AvgIpc) is 2.85. The Balaban J connectivity index is 1.94. The van der Waals surface area contributed by atoms with E-state index in [-0.39, 0.29) is 0 Å². The third-order valence-corrected chi connectivity index (χ3v) is 4.25. The smallest absolute Gasteiger partial charge is 0.116 e. The lowest BCUT2D eigenvalue weighted by atomic mass is 9.92. The van der Waals surface area contributed by atoms with Gasteiger partial charge in [0.25, 0.3) is 0 Å². The van der Waals surface area contributed by atoms with E-state index in [1.165, 1.54) is 22.4 Å². The minimum Gasteiger partial charge on any atom is -0.508 e. The maximum atomic E-state index is 9.82. The third kappa shape index (κ3) is 1.18. The van der Waals surface area contributed by atoms with Gasteiger partial charge in [-0.2, -0.15) is 0 Å². The summed E-state index contributed by atoms with van der Waals surface area (Å²) >= 11 is 0. The molecule has 1 aliphatic carbocycles. The summed E-state index contributed by atoms with van der Waals surface area (Å²) in [4.78, 5) is 0. The molecule has 2 aromatic rings. The van der Waals surface area contributed by atoms with E-state index in [9.17, 15) is 5.11 Å². The van der Waals surface area contributed by atoms with E-state index in [0.29, 0.717) is 17.7 Å². The van der Waals surface area contributed by atoms with Crippen LogP contribution in [-0.4, -0.2) is 11.1 Å². The van der Waals surface area contributed by atoms with Crippen molar-refractivity contribution < 1.29 is 5.11 Å². The van der Waals surface area contributed by atoms with Crippen LogP contribution in [0.1, 0.15) is 28.2 Å². The first-order valence-electron chi connectivity index (χ1n) is 6.42. The number of aryl methyl sites for hydroxylation is 1. The lowest BCUT2D eigenvalue weighted by Gasteiger charge is -2.11. The number of hydrogen-bond acceptors (Lipinski definition) is 2. The number of benzene rings is 2. The maximum absolute atomic E-state index is 9.82. The first-order chi connectivity index (χ1) is 8.74. The summed E-state index contributed by atoms with van der Waals surface area (Å²) < 4.78 is 0. The number of hydrogen-bond donors (Lipinski definition) is 2. The van der Waals surface area contributed by atoms with Crippen LogP contribution in [0.15, 0.2) is 36.4 Å². The van der Waals surface area contributed by atoms with Gasteiger partial charge in [0, 0.05) is 17.6 Å². The Bertz CT molecular complexity index is 648. The van der Waals surface area contributed by atoms with Crippen molar-refractivity contribution >= 4 is 5.69 Å². The molecule has 0 amide bonds. The van der Waals surface area contributed by atoms with Crippen molar-refractivity contribution in [3.8, 4) is 5.75 Å².